The summed E-state index contributed by atoms with van der Waals surface area (Å²) in [6, 6.07) is 9.49. The zero-order chi connectivity index (χ0) is 14.7. The number of rotatable bonds is 4. The van der Waals surface area contributed by atoms with Crippen molar-refractivity contribution in [1.82, 2.24) is 0 Å². The van der Waals surface area contributed by atoms with Crippen molar-refractivity contribution in [1.29, 1.82) is 0 Å². The standard InChI is InChI=1S/C13H10BrClN2O3/c14-10-6-8(4-5-12(10)17(19)20)16-7-9-11(15)2-1-3-13(9)18/h1-6,16,18H,7H2. The molecule has 0 aliphatic rings. The molecule has 0 unspecified atom stereocenters. The van der Waals surface area contributed by atoms with E-state index in [0.29, 0.717) is 27.3 Å². The van der Waals surface area contributed by atoms with Gasteiger partial charge in [0.2, 0.25) is 0 Å². The molecule has 104 valence electrons. The molecule has 0 heterocycles. The number of nitrogens with one attached hydrogen (secondary N) is 1. The molecule has 2 aromatic rings. The quantitative estimate of drug-likeness (QED) is 0.631. The number of nitro benzene ring substituents is 1. The summed E-state index contributed by atoms with van der Waals surface area (Å²) in [6.45, 7) is 0.315. The van der Waals surface area contributed by atoms with Crippen LogP contribution in [0.4, 0.5) is 11.4 Å². The van der Waals surface area contributed by atoms with Crippen molar-refractivity contribution in [2.24, 2.45) is 0 Å². The first-order valence-electron chi connectivity index (χ1n) is 5.63. The molecule has 0 fully saturated rings. The lowest BCUT2D eigenvalue weighted by atomic mass is 10.2. The summed E-state index contributed by atoms with van der Waals surface area (Å²) in [5, 5.41) is 23.9. The zero-order valence-electron chi connectivity index (χ0n) is 10.1. The van der Waals surface area contributed by atoms with Crippen LogP contribution in [0.2, 0.25) is 5.02 Å². The molecule has 20 heavy (non-hydrogen) atoms. The maximum Gasteiger partial charge on any atom is 0.283 e. The number of nitro groups is 1. The van der Waals surface area contributed by atoms with Gasteiger partial charge in [0.05, 0.1) is 9.40 Å². The summed E-state index contributed by atoms with van der Waals surface area (Å²) in [5.74, 6) is 0.103. The largest absolute Gasteiger partial charge is 0.508 e. The van der Waals surface area contributed by atoms with E-state index in [9.17, 15) is 15.2 Å². The molecule has 2 N–H and O–H groups in total. The summed E-state index contributed by atoms with van der Waals surface area (Å²) in [6.07, 6.45) is 0. The molecule has 0 aliphatic heterocycles. The van der Waals surface area contributed by atoms with E-state index in [-0.39, 0.29) is 11.4 Å². The second-order valence-electron chi connectivity index (χ2n) is 4.01. The number of nitrogens with zero attached hydrogens (tertiary/aromatic N) is 1. The van der Waals surface area contributed by atoms with Crippen LogP contribution in [0.3, 0.4) is 0 Å². The minimum atomic E-state index is -0.465. The molecule has 0 saturated carbocycles. The summed E-state index contributed by atoms with van der Waals surface area (Å²) in [4.78, 5) is 10.2. The fourth-order valence-corrected chi connectivity index (χ4v) is 2.44. The van der Waals surface area contributed by atoms with Gasteiger partial charge in [-0.15, -0.1) is 0 Å². The Morgan fingerprint density at radius 3 is 2.70 bits per heavy atom. The molecular weight excluding hydrogens is 348 g/mol. The van der Waals surface area contributed by atoms with E-state index in [0.717, 1.165) is 0 Å². The Bertz CT molecular complexity index is 644. The zero-order valence-corrected chi connectivity index (χ0v) is 12.5. The van der Waals surface area contributed by atoms with Crippen LogP contribution in [-0.2, 0) is 6.54 Å². The molecule has 7 heteroatoms. The Kier molecular flexibility index (Phi) is 4.46. The van der Waals surface area contributed by atoms with Crippen LogP contribution in [0, 0.1) is 10.1 Å². The summed E-state index contributed by atoms with van der Waals surface area (Å²) in [7, 11) is 0. The number of phenolic OH excluding ortho intramolecular Hbond substituents is 1. The average molecular weight is 358 g/mol. The van der Waals surface area contributed by atoms with E-state index in [1.54, 1.807) is 30.3 Å². The Morgan fingerprint density at radius 1 is 1.35 bits per heavy atom. The van der Waals surface area contributed by atoms with Gasteiger partial charge in [-0.05, 0) is 40.2 Å². The Hall–Kier alpha value is -1.79. The lowest BCUT2D eigenvalue weighted by molar-refractivity contribution is -0.385. The third kappa shape index (κ3) is 3.20. The minimum absolute atomic E-state index is 0.00357. The van der Waals surface area contributed by atoms with Gasteiger partial charge in [-0.1, -0.05) is 17.7 Å². The molecule has 0 amide bonds. The van der Waals surface area contributed by atoms with Gasteiger partial charge in [0.15, 0.2) is 0 Å². The Labute approximate surface area is 128 Å². The highest BCUT2D eigenvalue weighted by Crippen LogP contribution is 2.29. The fourth-order valence-electron chi connectivity index (χ4n) is 1.68. The van der Waals surface area contributed by atoms with E-state index in [4.69, 9.17) is 11.6 Å². The van der Waals surface area contributed by atoms with Gasteiger partial charge in [-0.3, -0.25) is 10.1 Å². The molecule has 0 bridgehead atoms. The molecular formula is C13H10BrClN2O3. The molecule has 0 aliphatic carbocycles. The normalized spacial score (nSPS) is 10.3. The first kappa shape index (κ1) is 14.6. The number of phenols is 1. The van der Waals surface area contributed by atoms with E-state index in [1.807, 2.05) is 0 Å². The van der Waals surface area contributed by atoms with E-state index in [2.05, 4.69) is 21.2 Å². The second-order valence-corrected chi connectivity index (χ2v) is 5.28. The van der Waals surface area contributed by atoms with Crippen LogP contribution in [0.25, 0.3) is 0 Å². The number of anilines is 1. The van der Waals surface area contributed by atoms with Crippen molar-refractivity contribution in [3.05, 3.63) is 61.6 Å². The minimum Gasteiger partial charge on any atom is -0.508 e. The maximum atomic E-state index is 10.7. The highest BCUT2D eigenvalue weighted by Gasteiger charge is 2.12. The first-order valence-corrected chi connectivity index (χ1v) is 6.80. The van der Waals surface area contributed by atoms with Gasteiger partial charge >= 0.3 is 0 Å². The number of hydrogen-bond donors (Lipinski definition) is 2. The Balaban J connectivity index is 2.16. The Morgan fingerprint density at radius 2 is 2.10 bits per heavy atom. The summed E-state index contributed by atoms with van der Waals surface area (Å²) >= 11 is 9.14. The van der Waals surface area contributed by atoms with Crippen LogP contribution in [0.1, 0.15) is 5.56 Å². The lowest BCUT2D eigenvalue weighted by Crippen LogP contribution is -2.01. The van der Waals surface area contributed by atoms with Gasteiger partial charge in [-0.2, -0.15) is 0 Å². The van der Waals surface area contributed by atoms with Crippen LogP contribution in [0.5, 0.6) is 5.75 Å². The highest BCUT2D eigenvalue weighted by atomic mass is 79.9. The lowest BCUT2D eigenvalue weighted by Gasteiger charge is -2.10. The second kappa shape index (κ2) is 6.11. The molecule has 2 aromatic carbocycles. The molecule has 0 atom stereocenters. The molecule has 0 saturated heterocycles. The third-order valence-electron chi connectivity index (χ3n) is 2.71. The van der Waals surface area contributed by atoms with Crippen LogP contribution >= 0.6 is 27.5 Å². The first-order chi connectivity index (χ1) is 9.49. The van der Waals surface area contributed by atoms with Crippen LogP contribution in [0.15, 0.2) is 40.9 Å². The van der Waals surface area contributed by atoms with Crippen molar-refractivity contribution in [2.75, 3.05) is 5.32 Å². The van der Waals surface area contributed by atoms with E-state index in [1.165, 1.54) is 6.07 Å². The monoisotopic (exact) mass is 356 g/mol. The predicted octanol–water partition coefficient (Wildman–Crippen LogP) is 4.33. The summed E-state index contributed by atoms with van der Waals surface area (Å²) < 4.78 is 0.385. The number of halogens is 2. The topological polar surface area (TPSA) is 75.4 Å². The van der Waals surface area contributed by atoms with Gasteiger partial charge < -0.3 is 10.4 Å². The predicted molar refractivity (Wildman–Crippen MR) is 81.2 cm³/mol. The maximum absolute atomic E-state index is 10.7. The van der Waals surface area contributed by atoms with Gasteiger partial charge in [0.1, 0.15) is 5.75 Å². The number of benzene rings is 2. The van der Waals surface area contributed by atoms with Crippen molar-refractivity contribution >= 4 is 38.9 Å². The SMILES string of the molecule is O=[N+]([O-])c1ccc(NCc2c(O)cccc2Cl)cc1Br. The van der Waals surface area contributed by atoms with Gasteiger partial charge in [-0.25, -0.2) is 0 Å². The van der Waals surface area contributed by atoms with E-state index < -0.39 is 4.92 Å². The third-order valence-corrected chi connectivity index (χ3v) is 3.70. The fraction of sp³-hybridized carbons (Fsp3) is 0.0769. The number of hydrogen-bond acceptors (Lipinski definition) is 4. The van der Waals surface area contributed by atoms with Crippen molar-refractivity contribution in [2.45, 2.75) is 6.54 Å². The van der Waals surface area contributed by atoms with Crippen LogP contribution < -0.4 is 5.32 Å². The van der Waals surface area contributed by atoms with Crippen molar-refractivity contribution in [3.8, 4) is 5.75 Å². The number of aromatic hydroxyl groups is 1. The summed E-state index contributed by atoms with van der Waals surface area (Å²) in [5.41, 5.74) is 1.25. The molecule has 5 nitrogen and oxygen atoms in total. The molecule has 0 radical (unpaired) electrons. The van der Waals surface area contributed by atoms with Crippen molar-refractivity contribution < 1.29 is 10.0 Å². The van der Waals surface area contributed by atoms with Gasteiger partial charge in [0.25, 0.3) is 5.69 Å². The highest BCUT2D eigenvalue weighted by molar-refractivity contribution is 9.10. The smallest absolute Gasteiger partial charge is 0.283 e. The van der Waals surface area contributed by atoms with E-state index >= 15 is 0 Å². The average Bonchev–Trinajstić information content (AvgIpc) is 2.37. The van der Waals surface area contributed by atoms with Crippen LogP contribution in [-0.4, -0.2) is 10.0 Å². The molecule has 2 rings (SSSR count). The van der Waals surface area contributed by atoms with Crippen molar-refractivity contribution in [3.63, 3.8) is 0 Å². The van der Waals surface area contributed by atoms with Gasteiger partial charge in [0, 0.05) is 28.9 Å². The molecule has 0 aromatic heterocycles. The molecule has 0 spiro atoms.